The fourth-order valence-electron chi connectivity index (χ4n) is 2.26. The number of rotatable bonds is 7. The van der Waals surface area contributed by atoms with Crippen LogP contribution in [0.15, 0.2) is 30.9 Å². The number of benzene rings is 1. The van der Waals surface area contributed by atoms with E-state index in [2.05, 4.69) is 15.4 Å². The highest BCUT2D eigenvalue weighted by Gasteiger charge is 2.33. The summed E-state index contributed by atoms with van der Waals surface area (Å²) >= 11 is 0. The van der Waals surface area contributed by atoms with Crippen LogP contribution in [0.2, 0.25) is 0 Å². The third kappa shape index (κ3) is 3.88. The van der Waals surface area contributed by atoms with E-state index >= 15 is 0 Å². The third-order valence-electron chi connectivity index (χ3n) is 3.43. The Labute approximate surface area is 130 Å². The van der Waals surface area contributed by atoms with Crippen LogP contribution < -0.4 is 5.32 Å². The van der Waals surface area contributed by atoms with Crippen LogP contribution in [0.25, 0.3) is 0 Å². The van der Waals surface area contributed by atoms with Crippen LogP contribution in [0.5, 0.6) is 0 Å². The van der Waals surface area contributed by atoms with Crippen molar-refractivity contribution in [3.63, 3.8) is 0 Å². The summed E-state index contributed by atoms with van der Waals surface area (Å²) in [6.45, 7) is 1.11. The van der Waals surface area contributed by atoms with Gasteiger partial charge in [-0.15, -0.1) is 0 Å². The molecule has 9 heteroatoms. The Morgan fingerprint density at radius 3 is 2.57 bits per heavy atom. The van der Waals surface area contributed by atoms with E-state index < -0.39 is 42.3 Å². The van der Waals surface area contributed by atoms with Crippen LogP contribution in [-0.4, -0.2) is 49.6 Å². The molecule has 0 fully saturated rings. The van der Waals surface area contributed by atoms with Gasteiger partial charge in [0.15, 0.2) is 0 Å². The molecule has 3 N–H and O–H groups in total. The summed E-state index contributed by atoms with van der Waals surface area (Å²) in [5.41, 5.74) is -0.366. The number of carboxylic acid groups (broad SMARTS) is 1. The van der Waals surface area contributed by atoms with Gasteiger partial charge in [0.05, 0.1) is 18.2 Å². The lowest BCUT2D eigenvalue weighted by molar-refractivity contribution is -0.136. The SMILES string of the molecule is C[C@@H](NCC(=O)O)[C@@H](O)C(c1c(F)cccc1F)n1cncn1. The highest BCUT2D eigenvalue weighted by molar-refractivity contribution is 5.69. The smallest absolute Gasteiger partial charge is 0.317 e. The van der Waals surface area contributed by atoms with Crippen LogP contribution in [0.1, 0.15) is 18.5 Å². The zero-order valence-corrected chi connectivity index (χ0v) is 12.2. The Morgan fingerprint density at radius 2 is 2.04 bits per heavy atom. The Kier molecular flexibility index (Phi) is 5.35. The Morgan fingerprint density at radius 1 is 1.39 bits per heavy atom. The zero-order chi connectivity index (χ0) is 17.0. The molecule has 23 heavy (non-hydrogen) atoms. The standard InChI is InChI=1S/C14H16F2N4O3/c1-8(18-5-11(21)22)14(23)13(20-7-17-6-19-20)12-9(15)3-2-4-10(12)16/h2-4,6-8,13-14,18,23H,5H2,1H3,(H,21,22)/t8-,13?,14-/m1/s1. The van der Waals surface area contributed by atoms with Gasteiger partial charge in [0.2, 0.25) is 0 Å². The van der Waals surface area contributed by atoms with E-state index in [-0.39, 0.29) is 5.56 Å². The van der Waals surface area contributed by atoms with Crippen molar-refractivity contribution in [3.05, 3.63) is 48.1 Å². The van der Waals surface area contributed by atoms with Gasteiger partial charge in [-0.25, -0.2) is 18.4 Å². The van der Waals surface area contributed by atoms with Gasteiger partial charge in [0, 0.05) is 6.04 Å². The molecule has 0 spiro atoms. The second-order valence-corrected chi connectivity index (χ2v) is 5.01. The van der Waals surface area contributed by atoms with Crippen molar-refractivity contribution in [2.75, 3.05) is 6.54 Å². The quantitative estimate of drug-likeness (QED) is 0.688. The number of aliphatic carboxylic acids is 1. The molecule has 2 rings (SSSR count). The van der Waals surface area contributed by atoms with Gasteiger partial charge in [-0.05, 0) is 19.1 Å². The summed E-state index contributed by atoms with van der Waals surface area (Å²) in [7, 11) is 0. The second kappa shape index (κ2) is 7.25. The number of nitrogens with zero attached hydrogens (tertiary/aromatic N) is 3. The Bertz CT molecular complexity index is 646. The topological polar surface area (TPSA) is 100 Å². The fraction of sp³-hybridized carbons (Fsp3) is 0.357. The molecule has 0 radical (unpaired) electrons. The minimum atomic E-state index is -1.34. The van der Waals surface area contributed by atoms with Crippen molar-refractivity contribution in [1.82, 2.24) is 20.1 Å². The predicted octanol–water partition coefficient (Wildman–Crippen LogP) is 0.569. The van der Waals surface area contributed by atoms with Crippen molar-refractivity contribution in [2.24, 2.45) is 0 Å². The molecule has 3 atom stereocenters. The largest absolute Gasteiger partial charge is 0.480 e. The lowest BCUT2D eigenvalue weighted by Gasteiger charge is -2.28. The van der Waals surface area contributed by atoms with Crippen LogP contribution in [0.4, 0.5) is 8.78 Å². The van der Waals surface area contributed by atoms with Crippen LogP contribution in [0, 0.1) is 11.6 Å². The molecule has 0 aliphatic heterocycles. The molecule has 0 aliphatic rings. The van der Waals surface area contributed by atoms with Crippen molar-refractivity contribution in [3.8, 4) is 0 Å². The van der Waals surface area contributed by atoms with Gasteiger partial charge in [-0.3, -0.25) is 4.79 Å². The van der Waals surface area contributed by atoms with E-state index in [0.717, 1.165) is 16.8 Å². The van der Waals surface area contributed by atoms with Crippen molar-refractivity contribution < 1.29 is 23.8 Å². The highest BCUT2D eigenvalue weighted by atomic mass is 19.1. The number of hydrogen-bond donors (Lipinski definition) is 3. The summed E-state index contributed by atoms with van der Waals surface area (Å²) in [4.78, 5) is 14.3. The molecular weight excluding hydrogens is 310 g/mol. The van der Waals surface area contributed by atoms with E-state index in [4.69, 9.17) is 5.11 Å². The van der Waals surface area contributed by atoms with Crippen LogP contribution in [-0.2, 0) is 4.79 Å². The van der Waals surface area contributed by atoms with Crippen molar-refractivity contribution in [1.29, 1.82) is 0 Å². The third-order valence-corrected chi connectivity index (χ3v) is 3.43. The Balaban J connectivity index is 2.38. The first-order valence-corrected chi connectivity index (χ1v) is 6.83. The minimum Gasteiger partial charge on any atom is -0.480 e. The highest BCUT2D eigenvalue weighted by Crippen LogP contribution is 2.28. The number of halogens is 2. The van der Waals surface area contributed by atoms with Gasteiger partial charge < -0.3 is 15.5 Å². The average molecular weight is 326 g/mol. The van der Waals surface area contributed by atoms with Gasteiger partial charge in [-0.2, -0.15) is 5.10 Å². The normalized spacial score (nSPS) is 15.1. The molecule has 0 saturated carbocycles. The van der Waals surface area contributed by atoms with Crippen LogP contribution in [0.3, 0.4) is 0 Å². The lowest BCUT2D eigenvalue weighted by Crippen LogP contribution is -2.45. The zero-order valence-electron chi connectivity index (χ0n) is 12.2. The van der Waals surface area contributed by atoms with E-state index in [1.54, 1.807) is 0 Å². The Hall–Kier alpha value is -2.39. The molecule has 0 saturated heterocycles. The summed E-state index contributed by atoms with van der Waals surface area (Å²) in [5.74, 6) is -2.79. The van der Waals surface area contributed by atoms with Gasteiger partial charge in [-0.1, -0.05) is 6.07 Å². The summed E-state index contributed by atoms with van der Waals surface area (Å²) in [6.07, 6.45) is 1.06. The molecule has 0 aliphatic carbocycles. The number of hydrogen-bond acceptors (Lipinski definition) is 5. The first-order chi connectivity index (χ1) is 10.9. The summed E-state index contributed by atoms with van der Waals surface area (Å²) in [6, 6.07) is 1.40. The monoisotopic (exact) mass is 326 g/mol. The number of carbonyl (C=O) groups is 1. The molecule has 0 bridgehead atoms. The average Bonchev–Trinajstić information content (AvgIpc) is 3.01. The number of aromatic nitrogens is 3. The molecule has 1 aromatic carbocycles. The number of aliphatic hydroxyl groups is 1. The van der Waals surface area contributed by atoms with E-state index in [1.165, 1.54) is 25.6 Å². The predicted molar refractivity (Wildman–Crippen MR) is 75.6 cm³/mol. The minimum absolute atomic E-state index is 0.366. The van der Waals surface area contributed by atoms with Gasteiger partial charge in [0.1, 0.15) is 30.3 Å². The fourth-order valence-corrected chi connectivity index (χ4v) is 2.26. The first kappa shape index (κ1) is 17.0. The van der Waals surface area contributed by atoms with Gasteiger partial charge >= 0.3 is 5.97 Å². The van der Waals surface area contributed by atoms with Crippen molar-refractivity contribution in [2.45, 2.75) is 25.1 Å². The molecule has 1 aromatic heterocycles. The molecule has 7 nitrogen and oxygen atoms in total. The maximum Gasteiger partial charge on any atom is 0.317 e. The second-order valence-electron chi connectivity index (χ2n) is 5.01. The summed E-state index contributed by atoms with van der Waals surface area (Å²) in [5, 5.41) is 25.6. The molecule has 1 heterocycles. The number of nitrogens with one attached hydrogen (secondary N) is 1. The number of carboxylic acids is 1. The van der Waals surface area contributed by atoms with E-state index in [1.807, 2.05) is 0 Å². The molecule has 1 unspecified atom stereocenters. The number of aliphatic hydroxyl groups excluding tert-OH is 1. The first-order valence-electron chi connectivity index (χ1n) is 6.83. The van der Waals surface area contributed by atoms with Gasteiger partial charge in [0.25, 0.3) is 0 Å². The van der Waals surface area contributed by atoms with Crippen LogP contribution >= 0.6 is 0 Å². The lowest BCUT2D eigenvalue weighted by atomic mass is 9.96. The molecule has 2 aromatic rings. The molecule has 0 amide bonds. The maximum absolute atomic E-state index is 14.1. The molecule has 124 valence electrons. The maximum atomic E-state index is 14.1. The molecular formula is C14H16F2N4O3. The summed E-state index contributed by atoms with van der Waals surface area (Å²) < 4.78 is 29.3. The van der Waals surface area contributed by atoms with E-state index in [9.17, 15) is 18.7 Å². The van der Waals surface area contributed by atoms with E-state index in [0.29, 0.717) is 0 Å². The van der Waals surface area contributed by atoms with Crippen molar-refractivity contribution >= 4 is 5.97 Å².